The number of nitrogens with one attached hydrogen (secondary N) is 1. The van der Waals surface area contributed by atoms with Crippen molar-refractivity contribution in [2.24, 2.45) is 17.8 Å². The van der Waals surface area contributed by atoms with Crippen molar-refractivity contribution in [1.29, 1.82) is 0 Å². The zero-order valence-corrected chi connectivity index (χ0v) is 12.0. The molecule has 3 aliphatic rings. The van der Waals surface area contributed by atoms with Gasteiger partial charge in [0.1, 0.15) is 0 Å². The molecule has 0 aromatic carbocycles. The third-order valence-corrected chi connectivity index (χ3v) is 4.92. The van der Waals surface area contributed by atoms with Crippen molar-refractivity contribution in [3.63, 3.8) is 0 Å². The second-order valence-corrected chi connectivity index (χ2v) is 7.10. The van der Waals surface area contributed by atoms with Crippen molar-refractivity contribution in [3.8, 4) is 0 Å². The first kappa shape index (κ1) is 12.9. The molecule has 3 rings (SSSR count). The highest BCUT2D eigenvalue weighted by Gasteiger charge is 2.31. The molecule has 2 saturated carbocycles. The monoisotopic (exact) mass is 250 g/mol. The van der Waals surface area contributed by atoms with E-state index < -0.39 is 0 Å². The fourth-order valence-corrected chi connectivity index (χ4v) is 3.54. The van der Waals surface area contributed by atoms with Gasteiger partial charge in [-0.25, -0.2) is 0 Å². The second-order valence-electron chi connectivity index (χ2n) is 7.10. The molecule has 1 heterocycles. The Morgan fingerprint density at radius 2 is 1.78 bits per heavy atom. The van der Waals surface area contributed by atoms with Gasteiger partial charge in [-0.15, -0.1) is 0 Å². The Balaban J connectivity index is 1.47. The van der Waals surface area contributed by atoms with Gasteiger partial charge in [0, 0.05) is 25.7 Å². The second kappa shape index (κ2) is 5.92. The highest BCUT2D eigenvalue weighted by atomic mass is 15.2. The van der Waals surface area contributed by atoms with E-state index in [-0.39, 0.29) is 0 Å². The minimum Gasteiger partial charge on any atom is -0.312 e. The zero-order chi connectivity index (χ0) is 12.4. The average Bonchev–Trinajstić information content (AvgIpc) is 3.22. The molecule has 18 heavy (non-hydrogen) atoms. The van der Waals surface area contributed by atoms with Crippen LogP contribution in [0.2, 0.25) is 0 Å². The first-order valence-electron chi connectivity index (χ1n) is 8.29. The molecule has 0 bridgehead atoms. The molecule has 2 atom stereocenters. The molecule has 1 aliphatic heterocycles. The van der Waals surface area contributed by atoms with E-state index in [0.717, 1.165) is 23.8 Å². The molecule has 0 aromatic rings. The molecule has 0 aromatic heterocycles. The number of likely N-dealkylation sites (tertiary alicyclic amines) is 1. The molecule has 0 radical (unpaired) electrons. The van der Waals surface area contributed by atoms with Crippen LogP contribution < -0.4 is 5.32 Å². The lowest BCUT2D eigenvalue weighted by Crippen LogP contribution is -2.50. The topological polar surface area (TPSA) is 15.3 Å². The highest BCUT2D eigenvalue weighted by Crippen LogP contribution is 2.32. The maximum absolute atomic E-state index is 3.85. The van der Waals surface area contributed by atoms with Gasteiger partial charge in [-0.1, -0.05) is 13.3 Å². The first-order valence-corrected chi connectivity index (χ1v) is 8.29. The molecule has 1 N–H and O–H groups in total. The van der Waals surface area contributed by atoms with Gasteiger partial charge in [-0.2, -0.15) is 0 Å². The quantitative estimate of drug-likeness (QED) is 0.747. The van der Waals surface area contributed by atoms with E-state index in [1.165, 1.54) is 71.1 Å². The minimum absolute atomic E-state index is 0.787. The zero-order valence-electron chi connectivity index (χ0n) is 12.0. The average molecular weight is 250 g/mol. The van der Waals surface area contributed by atoms with Crippen LogP contribution >= 0.6 is 0 Å². The van der Waals surface area contributed by atoms with Crippen molar-refractivity contribution in [3.05, 3.63) is 0 Å². The van der Waals surface area contributed by atoms with Gasteiger partial charge in [0.25, 0.3) is 0 Å². The van der Waals surface area contributed by atoms with E-state index in [9.17, 15) is 0 Å². The maximum atomic E-state index is 3.85. The van der Waals surface area contributed by atoms with Crippen molar-refractivity contribution < 1.29 is 0 Å². The summed E-state index contributed by atoms with van der Waals surface area (Å²) in [4.78, 5) is 2.77. The Hall–Kier alpha value is -0.0800. The fraction of sp³-hybridized carbons (Fsp3) is 1.00. The standard InChI is InChI=1S/C16H30N2/c1-2-3-15-8-16(17-9-13-4-5-13)12-18(11-15)10-14-6-7-14/h13-17H,2-12H2,1H3. The fourth-order valence-electron chi connectivity index (χ4n) is 3.54. The third-order valence-electron chi connectivity index (χ3n) is 4.92. The summed E-state index contributed by atoms with van der Waals surface area (Å²) in [6.07, 6.45) is 10.2. The molecular formula is C16H30N2. The predicted octanol–water partition coefficient (Wildman–Crippen LogP) is 2.89. The summed E-state index contributed by atoms with van der Waals surface area (Å²) in [6.45, 7) is 7.73. The van der Waals surface area contributed by atoms with Gasteiger partial charge in [0.15, 0.2) is 0 Å². The molecule has 2 unspecified atom stereocenters. The Bertz CT molecular complexity index is 258. The number of hydrogen-bond acceptors (Lipinski definition) is 2. The highest BCUT2D eigenvalue weighted by molar-refractivity contribution is 4.88. The van der Waals surface area contributed by atoms with Crippen LogP contribution in [0.1, 0.15) is 51.9 Å². The molecule has 2 heteroatoms. The van der Waals surface area contributed by atoms with Crippen LogP contribution in [0.4, 0.5) is 0 Å². The number of piperidine rings is 1. The summed E-state index contributed by atoms with van der Waals surface area (Å²) in [5.74, 6) is 3.03. The van der Waals surface area contributed by atoms with Crippen LogP contribution in [-0.2, 0) is 0 Å². The summed E-state index contributed by atoms with van der Waals surface area (Å²) in [6, 6.07) is 0.787. The van der Waals surface area contributed by atoms with Gasteiger partial charge in [0.2, 0.25) is 0 Å². The molecule has 2 aliphatic carbocycles. The Morgan fingerprint density at radius 3 is 2.44 bits per heavy atom. The first-order chi connectivity index (χ1) is 8.83. The van der Waals surface area contributed by atoms with Crippen LogP contribution in [0, 0.1) is 17.8 Å². The lowest BCUT2D eigenvalue weighted by atomic mass is 9.90. The molecule has 104 valence electrons. The van der Waals surface area contributed by atoms with E-state index in [1.54, 1.807) is 0 Å². The van der Waals surface area contributed by atoms with E-state index in [1.807, 2.05) is 0 Å². The third kappa shape index (κ3) is 3.96. The van der Waals surface area contributed by atoms with E-state index >= 15 is 0 Å². The largest absolute Gasteiger partial charge is 0.312 e. The Kier molecular flexibility index (Phi) is 4.25. The number of rotatable bonds is 7. The lowest BCUT2D eigenvalue weighted by Gasteiger charge is -2.38. The van der Waals surface area contributed by atoms with Crippen LogP contribution in [0.25, 0.3) is 0 Å². The van der Waals surface area contributed by atoms with Crippen LogP contribution in [0.15, 0.2) is 0 Å². The van der Waals surface area contributed by atoms with Gasteiger partial charge in [-0.05, 0) is 62.8 Å². The normalized spacial score (nSPS) is 33.8. The van der Waals surface area contributed by atoms with Crippen LogP contribution in [-0.4, -0.2) is 37.1 Å². The Labute approximate surface area is 113 Å². The molecular weight excluding hydrogens is 220 g/mol. The predicted molar refractivity (Wildman–Crippen MR) is 76.7 cm³/mol. The Morgan fingerprint density at radius 1 is 1.00 bits per heavy atom. The van der Waals surface area contributed by atoms with Crippen molar-refractivity contribution in [2.45, 2.75) is 57.9 Å². The van der Waals surface area contributed by atoms with E-state index in [0.29, 0.717) is 0 Å². The van der Waals surface area contributed by atoms with Crippen molar-refractivity contribution in [2.75, 3.05) is 26.2 Å². The molecule has 1 saturated heterocycles. The van der Waals surface area contributed by atoms with Gasteiger partial charge in [-0.3, -0.25) is 0 Å². The molecule has 2 nitrogen and oxygen atoms in total. The number of hydrogen-bond donors (Lipinski definition) is 1. The van der Waals surface area contributed by atoms with Crippen molar-refractivity contribution >= 4 is 0 Å². The van der Waals surface area contributed by atoms with Gasteiger partial charge >= 0.3 is 0 Å². The lowest BCUT2D eigenvalue weighted by molar-refractivity contribution is 0.130. The molecule has 0 amide bonds. The van der Waals surface area contributed by atoms with Crippen molar-refractivity contribution in [1.82, 2.24) is 10.2 Å². The van der Waals surface area contributed by atoms with Gasteiger partial charge in [0.05, 0.1) is 0 Å². The van der Waals surface area contributed by atoms with E-state index in [4.69, 9.17) is 0 Å². The smallest absolute Gasteiger partial charge is 0.0198 e. The molecule has 3 fully saturated rings. The molecule has 0 spiro atoms. The summed E-state index contributed by atoms with van der Waals surface area (Å²) < 4.78 is 0. The summed E-state index contributed by atoms with van der Waals surface area (Å²) >= 11 is 0. The van der Waals surface area contributed by atoms with E-state index in [2.05, 4.69) is 17.1 Å². The van der Waals surface area contributed by atoms with Crippen LogP contribution in [0.5, 0.6) is 0 Å². The summed E-state index contributed by atoms with van der Waals surface area (Å²) in [5, 5.41) is 3.85. The minimum atomic E-state index is 0.787. The summed E-state index contributed by atoms with van der Waals surface area (Å²) in [5.41, 5.74) is 0. The summed E-state index contributed by atoms with van der Waals surface area (Å²) in [7, 11) is 0. The number of nitrogens with zero attached hydrogens (tertiary/aromatic N) is 1. The maximum Gasteiger partial charge on any atom is 0.0198 e. The van der Waals surface area contributed by atoms with Gasteiger partial charge < -0.3 is 10.2 Å². The van der Waals surface area contributed by atoms with Crippen LogP contribution in [0.3, 0.4) is 0 Å². The SMILES string of the molecule is CCCC1CC(NCC2CC2)CN(CC2CC2)C1.